The second-order valence-electron chi connectivity index (χ2n) is 3.12. The second kappa shape index (κ2) is 6.45. The lowest BCUT2D eigenvalue weighted by atomic mass is 10.3. The van der Waals surface area contributed by atoms with E-state index in [1.807, 2.05) is 26.0 Å². The molecule has 0 aliphatic heterocycles. The van der Waals surface area contributed by atoms with Crippen LogP contribution >= 0.6 is 11.8 Å². The molecule has 15 heavy (non-hydrogen) atoms. The summed E-state index contributed by atoms with van der Waals surface area (Å²) in [7, 11) is 0. The Morgan fingerprint density at radius 3 is 3.07 bits per heavy atom. The van der Waals surface area contributed by atoms with E-state index in [1.165, 1.54) is 17.3 Å². The fourth-order valence-electron chi connectivity index (χ4n) is 1.12. The summed E-state index contributed by atoms with van der Waals surface area (Å²) in [5.74, 6) is 0.986. The van der Waals surface area contributed by atoms with Crippen LogP contribution in [0.15, 0.2) is 18.3 Å². The van der Waals surface area contributed by atoms with Gasteiger partial charge in [0.25, 0.3) is 0 Å². The van der Waals surface area contributed by atoms with E-state index in [2.05, 4.69) is 4.98 Å². The van der Waals surface area contributed by atoms with Crippen LogP contribution < -0.4 is 0 Å². The summed E-state index contributed by atoms with van der Waals surface area (Å²) in [4.78, 5) is 15.2. The molecule has 0 spiro atoms. The fourth-order valence-corrected chi connectivity index (χ4v) is 1.84. The molecule has 0 N–H and O–H groups in total. The lowest BCUT2D eigenvalue weighted by molar-refractivity contribution is -0.139. The summed E-state index contributed by atoms with van der Waals surface area (Å²) in [6.45, 7) is 4.29. The van der Waals surface area contributed by atoms with Crippen molar-refractivity contribution < 1.29 is 9.53 Å². The molecule has 0 unspecified atom stereocenters. The lowest BCUT2D eigenvalue weighted by Gasteiger charge is -2.02. The van der Waals surface area contributed by atoms with E-state index >= 15 is 0 Å². The van der Waals surface area contributed by atoms with Crippen molar-refractivity contribution >= 4 is 17.7 Å². The Balaban J connectivity index is 2.28. The quantitative estimate of drug-likeness (QED) is 0.720. The Morgan fingerprint density at radius 1 is 1.60 bits per heavy atom. The third-order valence-electron chi connectivity index (χ3n) is 1.75. The molecule has 82 valence electrons. The number of hydrogen-bond donors (Lipinski definition) is 0. The summed E-state index contributed by atoms with van der Waals surface area (Å²) in [5.41, 5.74) is 2.20. The van der Waals surface area contributed by atoms with E-state index in [1.54, 1.807) is 6.20 Å². The summed E-state index contributed by atoms with van der Waals surface area (Å²) < 4.78 is 4.82. The molecule has 1 heterocycles. The van der Waals surface area contributed by atoms with Crippen LogP contribution in [0, 0.1) is 6.92 Å². The van der Waals surface area contributed by atoms with Gasteiger partial charge in [0.2, 0.25) is 0 Å². The number of aromatic nitrogens is 1. The largest absolute Gasteiger partial charge is 0.465 e. The van der Waals surface area contributed by atoms with Crippen LogP contribution in [-0.2, 0) is 15.3 Å². The molecule has 0 bridgehead atoms. The van der Waals surface area contributed by atoms with Gasteiger partial charge in [-0.25, -0.2) is 0 Å². The Morgan fingerprint density at radius 2 is 2.40 bits per heavy atom. The highest BCUT2D eigenvalue weighted by molar-refractivity contribution is 7.99. The van der Waals surface area contributed by atoms with Crippen molar-refractivity contribution in [2.45, 2.75) is 19.6 Å². The third kappa shape index (κ3) is 4.83. The number of carbonyl (C=O) groups excluding carboxylic acids is 1. The lowest BCUT2D eigenvalue weighted by Crippen LogP contribution is -2.06. The molecular formula is C11H15NO2S. The molecule has 0 aliphatic carbocycles. The average Bonchev–Trinajstić information content (AvgIpc) is 2.18. The summed E-state index contributed by atoms with van der Waals surface area (Å²) in [5, 5.41) is 0. The monoisotopic (exact) mass is 225 g/mol. The van der Waals surface area contributed by atoms with Gasteiger partial charge in [0.05, 0.1) is 18.1 Å². The van der Waals surface area contributed by atoms with E-state index in [0.717, 1.165) is 11.4 Å². The minimum atomic E-state index is -0.157. The SMILES string of the molecule is CCOC(=O)CSCc1cc(C)ccn1. The minimum Gasteiger partial charge on any atom is -0.465 e. The van der Waals surface area contributed by atoms with E-state index < -0.39 is 0 Å². The van der Waals surface area contributed by atoms with E-state index in [4.69, 9.17) is 4.74 Å². The summed E-state index contributed by atoms with van der Waals surface area (Å²) in [6.07, 6.45) is 1.79. The zero-order valence-electron chi connectivity index (χ0n) is 9.03. The first-order valence-corrected chi connectivity index (χ1v) is 6.02. The molecule has 1 aromatic rings. The molecule has 0 atom stereocenters. The first-order chi connectivity index (χ1) is 7.22. The topological polar surface area (TPSA) is 39.2 Å². The third-order valence-corrected chi connectivity index (χ3v) is 2.69. The van der Waals surface area contributed by atoms with E-state index in [9.17, 15) is 4.79 Å². The van der Waals surface area contributed by atoms with Gasteiger partial charge in [-0.05, 0) is 31.5 Å². The number of esters is 1. The van der Waals surface area contributed by atoms with Crippen LogP contribution in [0.3, 0.4) is 0 Å². The van der Waals surface area contributed by atoms with Crippen LogP contribution in [0.2, 0.25) is 0 Å². The number of pyridine rings is 1. The van der Waals surface area contributed by atoms with Crippen molar-refractivity contribution in [3.05, 3.63) is 29.6 Å². The Labute approximate surface area is 94.2 Å². The average molecular weight is 225 g/mol. The van der Waals surface area contributed by atoms with Gasteiger partial charge in [0.1, 0.15) is 0 Å². The molecule has 0 radical (unpaired) electrons. The number of nitrogens with zero attached hydrogens (tertiary/aromatic N) is 1. The predicted octanol–water partition coefficient (Wildman–Crippen LogP) is 2.19. The van der Waals surface area contributed by atoms with Gasteiger partial charge >= 0.3 is 5.97 Å². The van der Waals surface area contributed by atoms with Gasteiger partial charge in [0, 0.05) is 11.9 Å². The standard InChI is InChI=1S/C11H15NO2S/c1-3-14-11(13)8-15-7-10-6-9(2)4-5-12-10/h4-6H,3,7-8H2,1-2H3. The van der Waals surface area contributed by atoms with Gasteiger partial charge in [-0.1, -0.05) is 0 Å². The molecule has 0 fully saturated rings. The highest BCUT2D eigenvalue weighted by Gasteiger charge is 2.02. The maximum atomic E-state index is 11.0. The van der Waals surface area contributed by atoms with Gasteiger partial charge < -0.3 is 4.74 Å². The van der Waals surface area contributed by atoms with Crippen molar-refractivity contribution in [3.63, 3.8) is 0 Å². The number of carbonyl (C=O) groups is 1. The van der Waals surface area contributed by atoms with Crippen molar-refractivity contribution in [2.24, 2.45) is 0 Å². The van der Waals surface area contributed by atoms with Gasteiger partial charge in [-0.2, -0.15) is 0 Å². The predicted molar refractivity (Wildman–Crippen MR) is 61.8 cm³/mol. The Kier molecular flexibility index (Phi) is 5.18. The number of thioether (sulfide) groups is 1. The van der Waals surface area contributed by atoms with Crippen molar-refractivity contribution in [1.82, 2.24) is 4.98 Å². The highest BCUT2D eigenvalue weighted by atomic mass is 32.2. The minimum absolute atomic E-state index is 0.157. The maximum Gasteiger partial charge on any atom is 0.315 e. The fraction of sp³-hybridized carbons (Fsp3) is 0.455. The molecular weight excluding hydrogens is 210 g/mol. The zero-order chi connectivity index (χ0) is 11.1. The number of hydrogen-bond acceptors (Lipinski definition) is 4. The summed E-state index contributed by atoms with van der Waals surface area (Å²) in [6, 6.07) is 3.98. The molecule has 0 aliphatic rings. The second-order valence-corrected chi connectivity index (χ2v) is 4.11. The molecule has 0 saturated heterocycles. The van der Waals surface area contributed by atoms with Crippen LogP contribution in [-0.4, -0.2) is 23.3 Å². The van der Waals surface area contributed by atoms with E-state index in [0.29, 0.717) is 12.4 Å². The van der Waals surface area contributed by atoms with Crippen molar-refractivity contribution in [3.8, 4) is 0 Å². The first-order valence-electron chi connectivity index (χ1n) is 4.87. The molecule has 0 amide bonds. The molecule has 4 heteroatoms. The van der Waals surface area contributed by atoms with Gasteiger partial charge in [-0.15, -0.1) is 11.8 Å². The van der Waals surface area contributed by atoms with Crippen LogP contribution in [0.25, 0.3) is 0 Å². The summed E-state index contributed by atoms with van der Waals surface area (Å²) >= 11 is 1.53. The Bertz CT molecular complexity index is 328. The molecule has 0 saturated carbocycles. The van der Waals surface area contributed by atoms with Crippen LogP contribution in [0.5, 0.6) is 0 Å². The molecule has 1 aromatic heterocycles. The van der Waals surface area contributed by atoms with Crippen molar-refractivity contribution in [1.29, 1.82) is 0 Å². The number of aryl methyl sites for hydroxylation is 1. The van der Waals surface area contributed by atoms with Crippen LogP contribution in [0.1, 0.15) is 18.2 Å². The number of rotatable bonds is 5. The molecule has 0 aromatic carbocycles. The van der Waals surface area contributed by atoms with E-state index in [-0.39, 0.29) is 5.97 Å². The number of ether oxygens (including phenoxy) is 1. The zero-order valence-corrected chi connectivity index (χ0v) is 9.84. The first kappa shape index (κ1) is 12.0. The van der Waals surface area contributed by atoms with Gasteiger partial charge in [-0.3, -0.25) is 9.78 Å². The normalized spacial score (nSPS) is 10.0. The Hall–Kier alpha value is -1.03. The highest BCUT2D eigenvalue weighted by Crippen LogP contribution is 2.11. The maximum absolute atomic E-state index is 11.0. The molecule has 3 nitrogen and oxygen atoms in total. The molecule has 1 rings (SSSR count). The smallest absolute Gasteiger partial charge is 0.315 e. The van der Waals surface area contributed by atoms with Crippen molar-refractivity contribution in [2.75, 3.05) is 12.4 Å². The van der Waals surface area contributed by atoms with Crippen LogP contribution in [0.4, 0.5) is 0 Å². The van der Waals surface area contributed by atoms with Gasteiger partial charge in [0.15, 0.2) is 0 Å².